The van der Waals surface area contributed by atoms with Gasteiger partial charge in [0, 0.05) is 26.1 Å². The van der Waals surface area contributed by atoms with Gasteiger partial charge in [-0.3, -0.25) is 9.59 Å². The average molecular weight is 469 g/mol. The first-order valence-electron chi connectivity index (χ1n) is 12.4. The van der Waals surface area contributed by atoms with E-state index in [1.165, 1.54) is 12.1 Å². The molecule has 6 heteroatoms. The number of halogens is 1. The normalized spacial score (nSPS) is 16.2. The molecule has 2 aromatic carbocycles. The van der Waals surface area contributed by atoms with Gasteiger partial charge in [-0.2, -0.15) is 0 Å². The van der Waals surface area contributed by atoms with E-state index in [0.29, 0.717) is 38.2 Å². The molecule has 34 heavy (non-hydrogen) atoms. The number of likely N-dealkylation sites (N-methyl/N-ethyl adjacent to an activating group) is 1. The summed E-state index contributed by atoms with van der Waals surface area (Å²) in [5.74, 6) is 0.612. The molecule has 1 aliphatic rings. The molecule has 0 aliphatic carbocycles. The summed E-state index contributed by atoms with van der Waals surface area (Å²) in [7, 11) is 0. The first-order chi connectivity index (χ1) is 16.3. The minimum absolute atomic E-state index is 0.0194. The zero-order valence-corrected chi connectivity index (χ0v) is 21.0. The van der Waals surface area contributed by atoms with Gasteiger partial charge in [-0.25, -0.2) is 4.39 Å². The Morgan fingerprint density at radius 2 is 1.76 bits per heavy atom. The van der Waals surface area contributed by atoms with Crippen molar-refractivity contribution in [3.63, 3.8) is 0 Å². The van der Waals surface area contributed by atoms with Crippen molar-refractivity contribution < 1.29 is 18.7 Å². The quantitative estimate of drug-likeness (QED) is 0.497. The topological polar surface area (TPSA) is 49.9 Å². The molecule has 0 N–H and O–H groups in total. The third-order valence-electron chi connectivity index (χ3n) is 6.43. The van der Waals surface area contributed by atoms with Crippen LogP contribution in [0.15, 0.2) is 42.5 Å². The van der Waals surface area contributed by atoms with Crippen molar-refractivity contribution in [1.82, 2.24) is 9.80 Å². The van der Waals surface area contributed by atoms with Crippen molar-refractivity contribution in [3.8, 4) is 5.75 Å². The Morgan fingerprint density at radius 3 is 2.35 bits per heavy atom. The van der Waals surface area contributed by atoms with Crippen LogP contribution < -0.4 is 4.74 Å². The maximum atomic E-state index is 13.7. The smallest absolute Gasteiger partial charge is 0.263 e. The molecule has 1 heterocycles. The van der Waals surface area contributed by atoms with Crippen LogP contribution in [0.25, 0.3) is 0 Å². The first-order valence-corrected chi connectivity index (χ1v) is 12.4. The van der Waals surface area contributed by atoms with Crippen molar-refractivity contribution in [2.45, 2.75) is 66.0 Å². The molecular weight excluding hydrogens is 431 g/mol. The number of ether oxygens (including phenoxy) is 1. The standard InChI is InChI=1S/C28H37FN2O3/c1-6-25(28(33)30(7-2)8-3)34-23-14-11-20-15-16-31(26(32)17-19(4)5)27(24(20)18-23)21-9-12-22(29)13-10-21/h9-14,18-19,25,27H,6-8,15-17H2,1-5H3/t25-,27-/m0/s1. The van der Waals surface area contributed by atoms with E-state index in [2.05, 4.69) is 0 Å². The second-order valence-corrected chi connectivity index (χ2v) is 9.28. The predicted molar refractivity (Wildman–Crippen MR) is 132 cm³/mol. The molecule has 2 amide bonds. The van der Waals surface area contributed by atoms with Crippen LogP contribution in [0.3, 0.4) is 0 Å². The summed E-state index contributed by atoms with van der Waals surface area (Å²) in [6.07, 6.45) is 1.20. The zero-order valence-electron chi connectivity index (χ0n) is 21.0. The molecule has 0 radical (unpaired) electrons. The van der Waals surface area contributed by atoms with E-state index >= 15 is 0 Å². The van der Waals surface area contributed by atoms with Crippen LogP contribution in [0.1, 0.15) is 70.2 Å². The van der Waals surface area contributed by atoms with Gasteiger partial charge in [0.2, 0.25) is 5.91 Å². The lowest BCUT2D eigenvalue weighted by Gasteiger charge is -2.38. The molecule has 5 nitrogen and oxygen atoms in total. The van der Waals surface area contributed by atoms with E-state index in [1.54, 1.807) is 17.0 Å². The number of hydrogen-bond acceptors (Lipinski definition) is 3. The second kappa shape index (κ2) is 11.5. The number of fused-ring (bicyclic) bond motifs is 1. The number of nitrogens with zero attached hydrogens (tertiary/aromatic N) is 2. The van der Waals surface area contributed by atoms with E-state index in [9.17, 15) is 14.0 Å². The molecule has 2 atom stereocenters. The minimum Gasteiger partial charge on any atom is -0.481 e. The van der Waals surface area contributed by atoms with Gasteiger partial charge in [0.1, 0.15) is 11.6 Å². The highest BCUT2D eigenvalue weighted by atomic mass is 19.1. The van der Waals surface area contributed by atoms with E-state index in [0.717, 1.165) is 23.1 Å². The molecule has 0 saturated carbocycles. The fourth-order valence-corrected chi connectivity index (χ4v) is 4.62. The number of rotatable bonds is 9. The van der Waals surface area contributed by atoms with E-state index < -0.39 is 6.10 Å². The van der Waals surface area contributed by atoms with Crippen LogP contribution in [0.4, 0.5) is 4.39 Å². The summed E-state index contributed by atoms with van der Waals surface area (Å²) in [4.78, 5) is 29.8. The maximum absolute atomic E-state index is 13.7. The third kappa shape index (κ3) is 5.78. The van der Waals surface area contributed by atoms with Crippen LogP contribution in [-0.4, -0.2) is 47.4 Å². The molecule has 0 saturated heterocycles. The summed E-state index contributed by atoms with van der Waals surface area (Å²) in [5, 5.41) is 0. The Kier molecular flexibility index (Phi) is 8.70. The number of carbonyl (C=O) groups excluding carboxylic acids is 2. The van der Waals surface area contributed by atoms with Crippen LogP contribution in [0.5, 0.6) is 5.75 Å². The second-order valence-electron chi connectivity index (χ2n) is 9.28. The van der Waals surface area contributed by atoms with Crippen LogP contribution in [-0.2, 0) is 16.0 Å². The minimum atomic E-state index is -0.565. The largest absolute Gasteiger partial charge is 0.481 e. The highest BCUT2D eigenvalue weighted by molar-refractivity contribution is 5.81. The number of benzene rings is 2. The Balaban J connectivity index is 1.98. The van der Waals surface area contributed by atoms with Crippen LogP contribution in [0, 0.1) is 11.7 Å². The van der Waals surface area contributed by atoms with Gasteiger partial charge in [-0.15, -0.1) is 0 Å². The van der Waals surface area contributed by atoms with Gasteiger partial charge in [0.05, 0.1) is 6.04 Å². The summed E-state index contributed by atoms with van der Waals surface area (Å²) in [6.45, 7) is 11.8. The van der Waals surface area contributed by atoms with Gasteiger partial charge in [0.15, 0.2) is 6.10 Å². The number of hydrogen-bond donors (Lipinski definition) is 0. The van der Waals surface area contributed by atoms with Crippen molar-refractivity contribution >= 4 is 11.8 Å². The van der Waals surface area contributed by atoms with Gasteiger partial charge in [0.25, 0.3) is 5.91 Å². The fraction of sp³-hybridized carbons (Fsp3) is 0.500. The monoisotopic (exact) mass is 468 g/mol. The fourth-order valence-electron chi connectivity index (χ4n) is 4.62. The average Bonchev–Trinajstić information content (AvgIpc) is 2.82. The van der Waals surface area contributed by atoms with Crippen molar-refractivity contribution in [1.29, 1.82) is 0 Å². The molecular formula is C28H37FN2O3. The van der Waals surface area contributed by atoms with E-state index in [4.69, 9.17) is 4.74 Å². The summed E-state index contributed by atoms with van der Waals surface area (Å²) in [6, 6.07) is 11.9. The SMILES string of the molecule is CC[C@H](Oc1ccc2c(c1)[C@H](c1ccc(F)cc1)N(C(=O)CC(C)C)CC2)C(=O)N(CC)CC. The predicted octanol–water partition coefficient (Wildman–Crippen LogP) is 5.37. The molecule has 0 spiro atoms. The van der Waals surface area contributed by atoms with Crippen LogP contribution >= 0.6 is 0 Å². The molecule has 0 unspecified atom stereocenters. The van der Waals surface area contributed by atoms with Crippen molar-refractivity contribution in [2.24, 2.45) is 5.92 Å². The molecule has 0 aromatic heterocycles. The van der Waals surface area contributed by atoms with E-state index in [1.807, 2.05) is 57.7 Å². The van der Waals surface area contributed by atoms with Gasteiger partial charge < -0.3 is 14.5 Å². The van der Waals surface area contributed by atoms with Crippen molar-refractivity contribution in [2.75, 3.05) is 19.6 Å². The Bertz CT molecular complexity index is 986. The lowest BCUT2D eigenvalue weighted by Crippen LogP contribution is -2.42. The molecule has 0 fully saturated rings. The molecule has 2 aromatic rings. The molecule has 1 aliphatic heterocycles. The lowest BCUT2D eigenvalue weighted by atomic mass is 9.87. The summed E-state index contributed by atoms with van der Waals surface area (Å²) >= 11 is 0. The van der Waals surface area contributed by atoms with Crippen LogP contribution in [0.2, 0.25) is 0 Å². The highest BCUT2D eigenvalue weighted by Crippen LogP contribution is 2.38. The lowest BCUT2D eigenvalue weighted by molar-refractivity contribution is -0.138. The first kappa shape index (κ1) is 25.7. The van der Waals surface area contributed by atoms with Gasteiger partial charge in [-0.05, 0) is 73.6 Å². The number of carbonyl (C=O) groups is 2. The molecule has 0 bridgehead atoms. The zero-order chi connectivity index (χ0) is 24.8. The number of amides is 2. The summed E-state index contributed by atoms with van der Waals surface area (Å²) < 4.78 is 19.9. The maximum Gasteiger partial charge on any atom is 0.263 e. The van der Waals surface area contributed by atoms with Crippen molar-refractivity contribution in [3.05, 3.63) is 65.0 Å². The Morgan fingerprint density at radius 1 is 1.09 bits per heavy atom. The third-order valence-corrected chi connectivity index (χ3v) is 6.43. The van der Waals surface area contributed by atoms with Gasteiger partial charge >= 0.3 is 0 Å². The summed E-state index contributed by atoms with van der Waals surface area (Å²) in [5.41, 5.74) is 2.97. The Hall–Kier alpha value is -2.89. The molecule has 184 valence electrons. The van der Waals surface area contributed by atoms with E-state index in [-0.39, 0.29) is 29.6 Å². The molecule has 3 rings (SSSR count). The van der Waals surface area contributed by atoms with Gasteiger partial charge in [-0.1, -0.05) is 39.0 Å². The Labute approximate surface area is 202 Å². The highest BCUT2D eigenvalue weighted by Gasteiger charge is 2.33.